The van der Waals surface area contributed by atoms with Gasteiger partial charge in [-0.1, -0.05) is 11.6 Å². The van der Waals surface area contributed by atoms with Crippen LogP contribution in [0.4, 0.5) is 0 Å². The zero-order valence-electron chi connectivity index (χ0n) is 8.73. The summed E-state index contributed by atoms with van der Waals surface area (Å²) in [7, 11) is 0. The van der Waals surface area contributed by atoms with Crippen LogP contribution in [0.1, 0.15) is 24.6 Å². The van der Waals surface area contributed by atoms with Crippen molar-refractivity contribution in [1.82, 2.24) is 24.9 Å². The summed E-state index contributed by atoms with van der Waals surface area (Å²) in [6.07, 6.45) is 5.51. The average Bonchev–Trinajstić information content (AvgIpc) is 2.73. The molecule has 6 heteroatoms. The molecule has 1 saturated heterocycles. The van der Waals surface area contributed by atoms with E-state index in [9.17, 15) is 0 Å². The van der Waals surface area contributed by atoms with E-state index in [0.29, 0.717) is 16.7 Å². The molecule has 0 radical (unpaired) electrons. The summed E-state index contributed by atoms with van der Waals surface area (Å²) in [4.78, 5) is 8.57. The second-order valence-corrected chi connectivity index (χ2v) is 4.45. The first-order valence-corrected chi connectivity index (χ1v) is 5.79. The van der Waals surface area contributed by atoms with Crippen LogP contribution in [0.15, 0.2) is 12.4 Å². The molecule has 16 heavy (non-hydrogen) atoms. The lowest BCUT2D eigenvalue weighted by atomic mass is 9.98. The summed E-state index contributed by atoms with van der Waals surface area (Å²) >= 11 is 5.85. The third-order valence-corrected chi connectivity index (χ3v) is 3.08. The van der Waals surface area contributed by atoms with Crippen molar-refractivity contribution in [1.29, 1.82) is 0 Å². The van der Waals surface area contributed by atoms with Crippen LogP contribution in [-0.2, 0) is 0 Å². The molecule has 2 aromatic rings. The third kappa shape index (κ3) is 1.76. The van der Waals surface area contributed by atoms with Gasteiger partial charge in [0.1, 0.15) is 0 Å². The fourth-order valence-corrected chi connectivity index (χ4v) is 2.17. The number of nitrogens with one attached hydrogen (secondary N) is 1. The first-order valence-electron chi connectivity index (χ1n) is 5.41. The van der Waals surface area contributed by atoms with Crippen molar-refractivity contribution in [3.05, 3.63) is 23.2 Å². The molecular formula is C10H12ClN5. The number of piperidine rings is 1. The first-order chi connectivity index (χ1) is 7.83. The highest BCUT2D eigenvalue weighted by atomic mass is 35.5. The zero-order chi connectivity index (χ0) is 11.0. The van der Waals surface area contributed by atoms with Crippen molar-refractivity contribution in [2.75, 3.05) is 13.1 Å². The van der Waals surface area contributed by atoms with Gasteiger partial charge in [0, 0.05) is 5.92 Å². The van der Waals surface area contributed by atoms with E-state index in [4.69, 9.17) is 11.6 Å². The first kappa shape index (κ1) is 9.99. The molecule has 1 N–H and O–H groups in total. The number of nitrogens with zero attached hydrogens (tertiary/aromatic N) is 4. The van der Waals surface area contributed by atoms with Crippen molar-refractivity contribution in [3.8, 4) is 0 Å². The number of fused-ring (bicyclic) bond motifs is 1. The third-order valence-electron chi connectivity index (χ3n) is 2.88. The van der Waals surface area contributed by atoms with Gasteiger partial charge in [-0.2, -0.15) is 4.98 Å². The lowest BCUT2D eigenvalue weighted by Crippen LogP contribution is -2.27. The predicted octanol–water partition coefficient (Wildman–Crippen LogP) is 1.24. The van der Waals surface area contributed by atoms with Crippen LogP contribution >= 0.6 is 11.6 Å². The molecule has 3 rings (SSSR count). The van der Waals surface area contributed by atoms with Gasteiger partial charge in [-0.3, -0.25) is 0 Å². The van der Waals surface area contributed by atoms with E-state index < -0.39 is 0 Å². The van der Waals surface area contributed by atoms with Crippen molar-refractivity contribution in [3.63, 3.8) is 0 Å². The van der Waals surface area contributed by atoms with Gasteiger partial charge in [0.15, 0.2) is 5.82 Å². The van der Waals surface area contributed by atoms with Gasteiger partial charge in [0.05, 0.1) is 17.4 Å². The van der Waals surface area contributed by atoms with Crippen molar-refractivity contribution >= 4 is 17.4 Å². The minimum Gasteiger partial charge on any atom is -0.317 e. The summed E-state index contributed by atoms with van der Waals surface area (Å²) < 4.78 is 1.65. The Labute approximate surface area is 97.8 Å². The highest BCUT2D eigenvalue weighted by Gasteiger charge is 2.19. The van der Waals surface area contributed by atoms with Gasteiger partial charge >= 0.3 is 0 Å². The maximum atomic E-state index is 5.85. The van der Waals surface area contributed by atoms with Crippen LogP contribution in [0.5, 0.6) is 0 Å². The Bertz CT molecular complexity index is 503. The van der Waals surface area contributed by atoms with Gasteiger partial charge < -0.3 is 5.32 Å². The Morgan fingerprint density at radius 3 is 3.00 bits per heavy atom. The molecular weight excluding hydrogens is 226 g/mol. The Morgan fingerprint density at radius 2 is 2.19 bits per heavy atom. The topological polar surface area (TPSA) is 55.1 Å². The summed E-state index contributed by atoms with van der Waals surface area (Å²) in [5.41, 5.74) is 0. The lowest BCUT2D eigenvalue weighted by Gasteiger charge is -2.19. The minimum absolute atomic E-state index is 0.446. The van der Waals surface area contributed by atoms with Crippen LogP contribution < -0.4 is 5.32 Å². The number of hydrogen-bond donors (Lipinski definition) is 1. The summed E-state index contributed by atoms with van der Waals surface area (Å²) in [6.45, 7) is 2.07. The van der Waals surface area contributed by atoms with Crippen LogP contribution in [-0.4, -0.2) is 32.7 Å². The molecule has 0 bridgehead atoms. The van der Waals surface area contributed by atoms with Gasteiger partial charge in [0.2, 0.25) is 0 Å². The van der Waals surface area contributed by atoms with Crippen molar-refractivity contribution in [2.24, 2.45) is 0 Å². The number of rotatable bonds is 1. The molecule has 1 aliphatic rings. The van der Waals surface area contributed by atoms with E-state index in [0.717, 1.165) is 31.8 Å². The summed E-state index contributed by atoms with van der Waals surface area (Å²) in [5, 5.41) is 8.33. The van der Waals surface area contributed by atoms with Gasteiger partial charge in [0.25, 0.3) is 5.78 Å². The Kier molecular flexibility index (Phi) is 2.49. The van der Waals surface area contributed by atoms with E-state index in [1.54, 1.807) is 16.9 Å². The molecule has 0 aromatic carbocycles. The van der Waals surface area contributed by atoms with E-state index in [-0.39, 0.29) is 0 Å². The quantitative estimate of drug-likeness (QED) is 0.811. The van der Waals surface area contributed by atoms with E-state index in [1.165, 1.54) is 0 Å². The molecule has 0 unspecified atom stereocenters. The molecule has 0 atom stereocenters. The smallest absolute Gasteiger partial charge is 0.252 e. The van der Waals surface area contributed by atoms with Crippen molar-refractivity contribution in [2.45, 2.75) is 18.8 Å². The van der Waals surface area contributed by atoms with E-state index in [2.05, 4.69) is 20.4 Å². The molecule has 0 amide bonds. The van der Waals surface area contributed by atoms with Gasteiger partial charge in [-0.05, 0) is 25.9 Å². The fourth-order valence-electron chi connectivity index (χ4n) is 2.03. The Balaban J connectivity index is 1.97. The maximum Gasteiger partial charge on any atom is 0.252 e. The van der Waals surface area contributed by atoms with E-state index >= 15 is 0 Å². The van der Waals surface area contributed by atoms with E-state index in [1.807, 2.05) is 0 Å². The van der Waals surface area contributed by atoms with Crippen LogP contribution in [0, 0.1) is 0 Å². The van der Waals surface area contributed by atoms with Crippen LogP contribution in [0.3, 0.4) is 0 Å². The summed E-state index contributed by atoms with van der Waals surface area (Å²) in [6, 6.07) is 0. The van der Waals surface area contributed by atoms with Crippen LogP contribution in [0.25, 0.3) is 5.78 Å². The number of halogens is 1. The second kappa shape index (κ2) is 3.99. The second-order valence-electron chi connectivity index (χ2n) is 4.01. The highest BCUT2D eigenvalue weighted by Crippen LogP contribution is 2.22. The number of hydrogen-bond acceptors (Lipinski definition) is 4. The lowest BCUT2D eigenvalue weighted by molar-refractivity contribution is 0.445. The highest BCUT2D eigenvalue weighted by molar-refractivity contribution is 6.30. The molecule has 1 aliphatic heterocycles. The number of aromatic nitrogens is 4. The van der Waals surface area contributed by atoms with Crippen molar-refractivity contribution < 1.29 is 0 Å². The molecule has 2 aromatic heterocycles. The molecule has 0 spiro atoms. The molecule has 1 fully saturated rings. The average molecular weight is 238 g/mol. The monoisotopic (exact) mass is 237 g/mol. The molecule has 84 valence electrons. The normalized spacial score (nSPS) is 18.1. The standard InChI is InChI=1S/C10H12ClN5/c11-8-5-13-10-14-9(15-16(10)6-8)7-1-3-12-4-2-7/h5-7,12H,1-4H2. The molecule has 5 nitrogen and oxygen atoms in total. The Hall–Kier alpha value is -1.20. The van der Waals surface area contributed by atoms with Crippen LogP contribution in [0.2, 0.25) is 5.02 Å². The predicted molar refractivity (Wildman–Crippen MR) is 60.6 cm³/mol. The van der Waals surface area contributed by atoms with Gasteiger partial charge in [-0.15, -0.1) is 5.10 Å². The summed E-state index contributed by atoms with van der Waals surface area (Å²) in [5.74, 6) is 1.95. The SMILES string of the molecule is Clc1cnc2nc(C3CCNCC3)nn2c1. The molecule has 0 aliphatic carbocycles. The maximum absolute atomic E-state index is 5.85. The Morgan fingerprint density at radius 1 is 1.38 bits per heavy atom. The minimum atomic E-state index is 0.446. The molecule has 0 saturated carbocycles. The molecule has 3 heterocycles. The van der Waals surface area contributed by atoms with Gasteiger partial charge in [-0.25, -0.2) is 9.50 Å². The largest absolute Gasteiger partial charge is 0.317 e. The fraction of sp³-hybridized carbons (Fsp3) is 0.500. The zero-order valence-corrected chi connectivity index (χ0v) is 9.48.